The SMILES string of the molecule is C.C.C.Cc1c(-c2ccccc2)cccc1-n1cc2cc(C=O)cc(Cl)c2n1.Cc1c(Br)cccc1-n1cc2cc(C=O)cc(Cl)c2n1.OB(O)c1ccccc1.[2H]CC. The molecule has 6 aromatic carbocycles. The van der Waals surface area contributed by atoms with Gasteiger partial charge in [0.15, 0.2) is 0 Å². The molecule has 0 aliphatic carbocycles. The minimum absolute atomic E-state index is 0. The highest BCUT2D eigenvalue weighted by Gasteiger charge is 2.13. The Bertz CT molecular complexity index is 2620. The Labute approximate surface area is 367 Å². The van der Waals surface area contributed by atoms with Gasteiger partial charge in [0.25, 0.3) is 0 Å². The van der Waals surface area contributed by atoms with Crippen molar-refractivity contribution in [2.75, 3.05) is 0 Å². The predicted octanol–water partition coefficient (Wildman–Crippen LogP) is 12.3. The van der Waals surface area contributed by atoms with Gasteiger partial charge in [-0.1, -0.05) is 154 Å². The summed E-state index contributed by atoms with van der Waals surface area (Å²) in [6.07, 6.45) is 5.37. The molecule has 0 bridgehead atoms. The molecule has 8 rings (SSSR count). The first-order valence-corrected chi connectivity index (χ1v) is 18.9. The molecule has 59 heavy (non-hydrogen) atoms. The van der Waals surface area contributed by atoms with E-state index < -0.39 is 7.12 Å². The molecule has 0 radical (unpaired) electrons. The third kappa shape index (κ3) is 11.9. The van der Waals surface area contributed by atoms with Crippen molar-refractivity contribution in [1.82, 2.24) is 19.6 Å². The molecule has 8 nitrogen and oxygen atoms in total. The van der Waals surface area contributed by atoms with Gasteiger partial charge in [0.05, 0.1) is 21.4 Å². The number of fused-ring (bicyclic) bond motifs is 2. The van der Waals surface area contributed by atoms with Crippen molar-refractivity contribution < 1.29 is 21.0 Å². The number of carbonyl (C=O) groups is 2. The van der Waals surface area contributed by atoms with Crippen molar-refractivity contribution in [3.63, 3.8) is 0 Å². The lowest BCUT2D eigenvalue weighted by molar-refractivity contribution is 0.111. The standard InChI is InChI=1S/C21H15ClN2O.C15H10BrClN2O.C6H7BO2.C2H6.3CH4/c1-14-18(16-6-3-2-4-7-16)8-5-9-20(14)24-12-17-10-15(13-25)11-19(22)21(17)23-24;1-9-12(16)3-2-4-14(9)19-7-11-5-10(8-20)6-13(17)15(11)18-19;8-7(9)6-4-2-1-3-5-6;1-2;;;/h2-13H,1H3;2-8H,1H3;1-5,8-9H;1-2H3;3*1H4/i;;;1D;;;. The summed E-state index contributed by atoms with van der Waals surface area (Å²) in [5, 5.41) is 28.9. The van der Waals surface area contributed by atoms with Gasteiger partial charge in [-0.3, -0.25) is 9.59 Å². The number of aromatic nitrogens is 4. The average Bonchev–Trinajstić information content (AvgIpc) is 3.86. The molecule has 8 aromatic rings. The number of hydrogen-bond acceptors (Lipinski definition) is 6. The van der Waals surface area contributed by atoms with Gasteiger partial charge in [0, 0.05) is 40.1 Å². The summed E-state index contributed by atoms with van der Waals surface area (Å²) in [6, 6.07) is 37.9. The maximum atomic E-state index is 11.0. The van der Waals surface area contributed by atoms with Gasteiger partial charge < -0.3 is 10.0 Å². The molecule has 0 amide bonds. The predicted molar refractivity (Wildman–Crippen MR) is 253 cm³/mol. The number of benzene rings is 6. The van der Waals surface area contributed by atoms with Crippen molar-refractivity contribution in [3.8, 4) is 22.5 Å². The molecular formula is C47H50BBrCl2N4O4. The van der Waals surface area contributed by atoms with E-state index in [2.05, 4.69) is 51.3 Å². The van der Waals surface area contributed by atoms with E-state index >= 15 is 0 Å². The van der Waals surface area contributed by atoms with E-state index in [4.69, 9.17) is 34.6 Å². The van der Waals surface area contributed by atoms with E-state index in [-0.39, 0.29) is 22.3 Å². The topological polar surface area (TPSA) is 110 Å². The maximum Gasteiger partial charge on any atom is 0.488 e. The summed E-state index contributed by atoms with van der Waals surface area (Å²) < 4.78 is 10.8. The fourth-order valence-electron chi connectivity index (χ4n) is 5.88. The molecule has 0 saturated carbocycles. The summed E-state index contributed by atoms with van der Waals surface area (Å²) in [4.78, 5) is 21.9. The van der Waals surface area contributed by atoms with Crippen molar-refractivity contribution in [3.05, 3.63) is 170 Å². The Morgan fingerprint density at radius 2 is 1.10 bits per heavy atom. The van der Waals surface area contributed by atoms with Gasteiger partial charge in [-0.05, 0) is 84.0 Å². The van der Waals surface area contributed by atoms with E-state index in [9.17, 15) is 9.59 Å². The Hall–Kier alpha value is -5.36. The van der Waals surface area contributed by atoms with Crippen LogP contribution < -0.4 is 5.46 Å². The number of halogens is 3. The van der Waals surface area contributed by atoms with Crippen LogP contribution >= 0.6 is 39.1 Å². The number of nitrogens with zero attached hydrogens (tertiary/aromatic N) is 4. The van der Waals surface area contributed by atoms with Crippen molar-refractivity contribution >= 4 is 86.1 Å². The Morgan fingerprint density at radius 1 is 0.661 bits per heavy atom. The van der Waals surface area contributed by atoms with Crippen LogP contribution in [0.4, 0.5) is 0 Å². The van der Waals surface area contributed by atoms with Crippen LogP contribution in [0.2, 0.25) is 10.0 Å². The lowest BCUT2D eigenvalue weighted by Crippen LogP contribution is -2.29. The second kappa shape index (κ2) is 23.3. The van der Waals surface area contributed by atoms with Gasteiger partial charge in [-0.25, -0.2) is 9.36 Å². The molecule has 0 unspecified atom stereocenters. The summed E-state index contributed by atoms with van der Waals surface area (Å²) in [5.74, 6) is 0. The summed E-state index contributed by atoms with van der Waals surface area (Å²) >= 11 is 16.0. The molecule has 0 spiro atoms. The smallest absolute Gasteiger partial charge is 0.423 e. The molecule has 2 N–H and O–H groups in total. The summed E-state index contributed by atoms with van der Waals surface area (Å²) in [7, 11) is -1.34. The molecule has 0 saturated heterocycles. The molecule has 0 atom stereocenters. The first kappa shape index (κ1) is 48.0. The lowest BCUT2D eigenvalue weighted by atomic mass is 9.81. The van der Waals surface area contributed by atoms with Crippen molar-refractivity contribution in [2.45, 2.75) is 50.0 Å². The van der Waals surface area contributed by atoms with E-state index in [1.165, 1.54) is 5.56 Å². The maximum absolute atomic E-state index is 11.0. The zero-order valence-electron chi connectivity index (χ0n) is 31.8. The van der Waals surface area contributed by atoms with Crippen LogP contribution in [0, 0.1) is 13.8 Å². The Balaban J connectivity index is 0.000000318. The van der Waals surface area contributed by atoms with Gasteiger partial charge in [-0.15, -0.1) is 0 Å². The summed E-state index contributed by atoms with van der Waals surface area (Å²) in [6.45, 7) is 6.40. The van der Waals surface area contributed by atoms with E-state index in [0.29, 0.717) is 44.6 Å². The largest absolute Gasteiger partial charge is 0.488 e. The Morgan fingerprint density at radius 3 is 1.54 bits per heavy atom. The second-order valence-electron chi connectivity index (χ2n) is 12.2. The summed E-state index contributed by atoms with van der Waals surface area (Å²) in [5.41, 5.74) is 9.52. The molecule has 0 aliphatic heterocycles. The number of hydrogen-bond donors (Lipinski definition) is 2. The van der Waals surface area contributed by atoms with E-state index in [1.54, 1.807) is 60.1 Å². The fourth-order valence-corrected chi connectivity index (χ4v) is 6.78. The molecular weight excluding hydrogens is 846 g/mol. The van der Waals surface area contributed by atoms with Gasteiger partial charge in [0.2, 0.25) is 0 Å². The van der Waals surface area contributed by atoms with Gasteiger partial charge in [-0.2, -0.15) is 10.2 Å². The molecule has 306 valence electrons. The van der Waals surface area contributed by atoms with Gasteiger partial charge >= 0.3 is 7.12 Å². The minimum Gasteiger partial charge on any atom is -0.423 e. The number of aldehydes is 2. The molecule has 2 aromatic heterocycles. The van der Waals surface area contributed by atoms with Crippen LogP contribution in [-0.4, -0.2) is 49.3 Å². The monoisotopic (exact) mass is 895 g/mol. The third-order valence-electron chi connectivity index (χ3n) is 8.66. The van der Waals surface area contributed by atoms with Crippen LogP contribution in [0.5, 0.6) is 0 Å². The molecule has 12 heteroatoms. The Kier molecular flexibility index (Phi) is 19.0. The highest BCUT2D eigenvalue weighted by molar-refractivity contribution is 9.10. The lowest BCUT2D eigenvalue weighted by Gasteiger charge is -2.11. The average molecular weight is 898 g/mol. The first-order chi connectivity index (χ1) is 27.5. The van der Waals surface area contributed by atoms with Gasteiger partial charge in [0.1, 0.15) is 23.6 Å². The van der Waals surface area contributed by atoms with Crippen LogP contribution in [0.15, 0.2) is 138 Å². The first-order valence-electron chi connectivity index (χ1n) is 18.1. The van der Waals surface area contributed by atoms with Crippen LogP contribution in [0.25, 0.3) is 44.3 Å². The van der Waals surface area contributed by atoms with Crippen molar-refractivity contribution in [1.29, 1.82) is 0 Å². The third-order valence-corrected chi connectivity index (χ3v) is 10.1. The normalized spacial score (nSPS) is 10.1. The zero-order valence-corrected chi connectivity index (χ0v) is 33.9. The van der Waals surface area contributed by atoms with Crippen LogP contribution in [0.1, 0.15) is 69.3 Å². The van der Waals surface area contributed by atoms with E-state index in [0.717, 1.165) is 55.9 Å². The molecule has 2 heterocycles. The quantitative estimate of drug-likeness (QED) is 0.127. The molecule has 0 fully saturated rings. The highest BCUT2D eigenvalue weighted by Crippen LogP contribution is 2.31. The fraction of sp³-hybridized carbons (Fsp3) is 0.149. The van der Waals surface area contributed by atoms with E-state index in [1.807, 2.05) is 78.6 Å². The van der Waals surface area contributed by atoms with Crippen LogP contribution in [-0.2, 0) is 0 Å². The minimum atomic E-state index is -1.34. The van der Waals surface area contributed by atoms with Crippen LogP contribution in [0.3, 0.4) is 0 Å². The highest BCUT2D eigenvalue weighted by atomic mass is 79.9. The zero-order chi connectivity index (χ0) is 41.1. The molecule has 0 aliphatic rings. The number of carbonyl (C=O) groups excluding carboxylic acids is 2. The number of rotatable bonds is 6. The van der Waals surface area contributed by atoms with Crippen molar-refractivity contribution in [2.24, 2.45) is 0 Å². The second-order valence-corrected chi connectivity index (χ2v) is 13.9.